The van der Waals surface area contributed by atoms with Crippen LogP contribution in [-0.2, 0) is 4.74 Å². The monoisotopic (exact) mass is 238 g/mol. The van der Waals surface area contributed by atoms with E-state index in [0.29, 0.717) is 30.4 Å². The number of ether oxygens (including phenoxy) is 2. The zero-order valence-corrected chi connectivity index (χ0v) is 9.74. The van der Waals surface area contributed by atoms with Crippen molar-refractivity contribution in [1.29, 1.82) is 0 Å². The van der Waals surface area contributed by atoms with Crippen molar-refractivity contribution < 1.29 is 18.7 Å². The lowest BCUT2D eigenvalue weighted by Gasteiger charge is -2.12. The van der Waals surface area contributed by atoms with E-state index in [9.17, 15) is 9.18 Å². The van der Waals surface area contributed by atoms with E-state index in [4.69, 9.17) is 9.47 Å². The quantitative estimate of drug-likeness (QED) is 0.756. The molecule has 0 spiro atoms. The number of Topliss-reactive ketones (excluding diaryl/α,β-unsaturated/α-hetero) is 1. The maximum Gasteiger partial charge on any atom is 0.163 e. The van der Waals surface area contributed by atoms with E-state index in [1.807, 2.05) is 0 Å². The average molecular weight is 238 g/mol. The summed E-state index contributed by atoms with van der Waals surface area (Å²) in [5.74, 6) is 0.194. The zero-order chi connectivity index (χ0) is 12.3. The van der Waals surface area contributed by atoms with Crippen LogP contribution in [0.15, 0.2) is 18.2 Å². The van der Waals surface area contributed by atoms with E-state index in [-0.39, 0.29) is 5.78 Å². The summed E-state index contributed by atoms with van der Waals surface area (Å²) >= 11 is 0. The summed E-state index contributed by atoms with van der Waals surface area (Å²) in [6.45, 7) is 3.36. The molecule has 0 aliphatic carbocycles. The molecule has 1 aliphatic heterocycles. The van der Waals surface area contributed by atoms with E-state index in [1.165, 1.54) is 25.1 Å². The largest absolute Gasteiger partial charge is 0.492 e. The van der Waals surface area contributed by atoms with Crippen LogP contribution in [0, 0.1) is 11.7 Å². The van der Waals surface area contributed by atoms with Gasteiger partial charge >= 0.3 is 0 Å². The van der Waals surface area contributed by atoms with Crippen LogP contribution >= 0.6 is 0 Å². The van der Waals surface area contributed by atoms with E-state index in [2.05, 4.69) is 0 Å². The average Bonchev–Trinajstić information content (AvgIpc) is 2.80. The summed E-state index contributed by atoms with van der Waals surface area (Å²) in [7, 11) is 0. The standard InChI is InChI=1S/C13H15FO3/c1-9(15)12-6-11(14)2-3-13(12)17-8-10-4-5-16-7-10/h2-3,6,10H,4-5,7-8H2,1H3. The smallest absolute Gasteiger partial charge is 0.163 e. The molecule has 4 heteroatoms. The fourth-order valence-corrected chi connectivity index (χ4v) is 1.83. The van der Waals surface area contributed by atoms with Crippen LogP contribution in [0.5, 0.6) is 5.75 Å². The number of hydrogen-bond donors (Lipinski definition) is 0. The highest BCUT2D eigenvalue weighted by Gasteiger charge is 2.17. The number of ketones is 1. The van der Waals surface area contributed by atoms with Crippen molar-refractivity contribution in [2.75, 3.05) is 19.8 Å². The first-order valence-electron chi connectivity index (χ1n) is 5.68. The molecule has 3 nitrogen and oxygen atoms in total. The van der Waals surface area contributed by atoms with Gasteiger partial charge in [-0.15, -0.1) is 0 Å². The summed E-state index contributed by atoms with van der Waals surface area (Å²) < 4.78 is 23.8. The van der Waals surface area contributed by atoms with Crippen LogP contribution in [0.1, 0.15) is 23.7 Å². The van der Waals surface area contributed by atoms with Gasteiger partial charge in [-0.05, 0) is 31.5 Å². The van der Waals surface area contributed by atoms with Gasteiger partial charge in [0.15, 0.2) is 5.78 Å². The highest BCUT2D eigenvalue weighted by Crippen LogP contribution is 2.22. The Labute approximate surface area is 99.5 Å². The minimum absolute atomic E-state index is 0.192. The van der Waals surface area contributed by atoms with Crippen molar-refractivity contribution in [3.8, 4) is 5.75 Å². The Hall–Kier alpha value is -1.42. The van der Waals surface area contributed by atoms with Crippen LogP contribution in [0.3, 0.4) is 0 Å². The molecule has 0 bridgehead atoms. The summed E-state index contributed by atoms with van der Waals surface area (Å²) in [6.07, 6.45) is 0.969. The van der Waals surface area contributed by atoms with E-state index < -0.39 is 5.82 Å². The van der Waals surface area contributed by atoms with Crippen LogP contribution in [0.2, 0.25) is 0 Å². The van der Waals surface area contributed by atoms with Crippen molar-refractivity contribution in [2.45, 2.75) is 13.3 Å². The number of carbonyl (C=O) groups excluding carboxylic acids is 1. The molecule has 1 heterocycles. The Morgan fingerprint density at radius 2 is 2.41 bits per heavy atom. The van der Waals surface area contributed by atoms with Crippen LogP contribution in [0.25, 0.3) is 0 Å². The predicted octanol–water partition coefficient (Wildman–Crippen LogP) is 2.44. The minimum Gasteiger partial charge on any atom is -0.492 e. The summed E-state index contributed by atoms with van der Waals surface area (Å²) in [6, 6.07) is 4.01. The number of benzene rings is 1. The van der Waals surface area contributed by atoms with Gasteiger partial charge in [0.05, 0.1) is 18.8 Å². The fraction of sp³-hybridized carbons (Fsp3) is 0.462. The molecule has 0 amide bonds. The molecule has 92 valence electrons. The van der Waals surface area contributed by atoms with Crippen molar-refractivity contribution in [2.24, 2.45) is 5.92 Å². The van der Waals surface area contributed by atoms with Crippen LogP contribution in [0.4, 0.5) is 4.39 Å². The third-order valence-corrected chi connectivity index (χ3v) is 2.82. The third-order valence-electron chi connectivity index (χ3n) is 2.82. The molecule has 1 unspecified atom stereocenters. The van der Waals surface area contributed by atoms with Gasteiger partial charge in [-0.1, -0.05) is 0 Å². The first-order chi connectivity index (χ1) is 8.16. The lowest BCUT2D eigenvalue weighted by molar-refractivity contribution is 0.101. The molecule has 0 aromatic heterocycles. The summed E-state index contributed by atoms with van der Waals surface area (Å²) in [5, 5.41) is 0. The first kappa shape index (κ1) is 12.0. The topological polar surface area (TPSA) is 35.5 Å². The molecule has 0 radical (unpaired) electrons. The van der Waals surface area contributed by atoms with Gasteiger partial charge in [0.25, 0.3) is 0 Å². The summed E-state index contributed by atoms with van der Waals surface area (Å²) in [5.41, 5.74) is 0.295. The number of halogens is 1. The Morgan fingerprint density at radius 3 is 3.06 bits per heavy atom. The second-order valence-corrected chi connectivity index (χ2v) is 4.24. The molecule has 1 fully saturated rings. The normalized spacial score (nSPS) is 19.3. The van der Waals surface area contributed by atoms with Crippen molar-refractivity contribution >= 4 is 5.78 Å². The number of hydrogen-bond acceptors (Lipinski definition) is 3. The molecule has 1 aliphatic rings. The lowest BCUT2D eigenvalue weighted by atomic mass is 10.1. The van der Waals surface area contributed by atoms with Crippen molar-refractivity contribution in [1.82, 2.24) is 0 Å². The van der Waals surface area contributed by atoms with Crippen molar-refractivity contribution in [3.05, 3.63) is 29.6 Å². The Bertz CT molecular complexity index is 411. The second kappa shape index (κ2) is 5.27. The van der Waals surface area contributed by atoms with Crippen LogP contribution < -0.4 is 4.74 Å². The molecule has 0 saturated carbocycles. The Balaban J connectivity index is 2.06. The molecule has 1 saturated heterocycles. The maximum atomic E-state index is 13.0. The van der Waals surface area contributed by atoms with E-state index in [1.54, 1.807) is 0 Å². The number of carbonyl (C=O) groups is 1. The van der Waals surface area contributed by atoms with E-state index >= 15 is 0 Å². The zero-order valence-electron chi connectivity index (χ0n) is 9.74. The third kappa shape index (κ3) is 3.03. The van der Waals surface area contributed by atoms with Gasteiger partial charge in [-0.3, -0.25) is 4.79 Å². The van der Waals surface area contributed by atoms with Gasteiger partial charge in [-0.25, -0.2) is 4.39 Å². The second-order valence-electron chi connectivity index (χ2n) is 4.24. The van der Waals surface area contributed by atoms with Gasteiger partial charge in [-0.2, -0.15) is 0 Å². The molecule has 1 aromatic carbocycles. The highest BCUT2D eigenvalue weighted by atomic mass is 19.1. The minimum atomic E-state index is -0.424. The van der Waals surface area contributed by atoms with Gasteiger partial charge < -0.3 is 9.47 Å². The Morgan fingerprint density at radius 1 is 1.59 bits per heavy atom. The molecular formula is C13H15FO3. The molecule has 0 N–H and O–H groups in total. The van der Waals surface area contributed by atoms with Gasteiger partial charge in [0.1, 0.15) is 11.6 Å². The molecule has 1 aromatic rings. The highest BCUT2D eigenvalue weighted by molar-refractivity contribution is 5.96. The lowest BCUT2D eigenvalue weighted by Crippen LogP contribution is -2.13. The maximum absolute atomic E-state index is 13.0. The molecular weight excluding hydrogens is 223 g/mol. The van der Waals surface area contributed by atoms with Gasteiger partial charge in [0, 0.05) is 12.5 Å². The molecule has 17 heavy (non-hydrogen) atoms. The SMILES string of the molecule is CC(=O)c1cc(F)ccc1OCC1CCOC1. The Kier molecular flexibility index (Phi) is 3.74. The van der Waals surface area contributed by atoms with E-state index in [0.717, 1.165) is 13.0 Å². The van der Waals surface area contributed by atoms with Gasteiger partial charge in [0.2, 0.25) is 0 Å². The van der Waals surface area contributed by atoms with Crippen LogP contribution in [-0.4, -0.2) is 25.6 Å². The number of rotatable bonds is 4. The fourth-order valence-electron chi connectivity index (χ4n) is 1.83. The molecule has 2 rings (SSSR count). The first-order valence-corrected chi connectivity index (χ1v) is 5.68. The predicted molar refractivity (Wildman–Crippen MR) is 60.8 cm³/mol. The summed E-state index contributed by atoms with van der Waals surface area (Å²) in [4.78, 5) is 11.3. The van der Waals surface area contributed by atoms with Crippen molar-refractivity contribution in [3.63, 3.8) is 0 Å². The molecule has 1 atom stereocenters.